The van der Waals surface area contributed by atoms with Gasteiger partial charge < -0.3 is 10.0 Å². The van der Waals surface area contributed by atoms with Crippen molar-refractivity contribution >= 4 is 5.91 Å². The van der Waals surface area contributed by atoms with Gasteiger partial charge in [-0.1, -0.05) is 31.0 Å². The molecule has 3 rings (SSSR count). The number of nitrogens with zero attached hydrogens (tertiary/aromatic N) is 1. The van der Waals surface area contributed by atoms with Gasteiger partial charge >= 0.3 is 0 Å². The van der Waals surface area contributed by atoms with Gasteiger partial charge in [0.25, 0.3) is 5.91 Å². The summed E-state index contributed by atoms with van der Waals surface area (Å²) in [6.07, 6.45) is 5.88. The highest BCUT2D eigenvalue weighted by Gasteiger charge is 2.57. The second kappa shape index (κ2) is 5.94. The Morgan fingerprint density at radius 1 is 1.17 bits per heavy atom. The van der Waals surface area contributed by atoms with Crippen LogP contribution in [-0.4, -0.2) is 34.6 Å². The summed E-state index contributed by atoms with van der Waals surface area (Å²) in [6, 6.07) is 6.04. The quantitative estimate of drug-likeness (QED) is 0.920. The van der Waals surface area contributed by atoms with Gasteiger partial charge in [0.1, 0.15) is 0 Å². The molecule has 1 atom stereocenters. The van der Waals surface area contributed by atoms with Crippen LogP contribution in [0.3, 0.4) is 0 Å². The fraction of sp³-hybridized carbons (Fsp3) is 0.650. The van der Waals surface area contributed by atoms with Gasteiger partial charge in [-0.25, -0.2) is 0 Å². The van der Waals surface area contributed by atoms with E-state index in [1.807, 2.05) is 24.0 Å². The van der Waals surface area contributed by atoms with E-state index < -0.39 is 5.60 Å². The summed E-state index contributed by atoms with van der Waals surface area (Å²) in [5.74, 6) is 0.149. The van der Waals surface area contributed by atoms with Crippen molar-refractivity contribution in [3.8, 4) is 0 Å². The lowest BCUT2D eigenvalue weighted by molar-refractivity contribution is -0.191. The molecular formula is C20H29NO2. The summed E-state index contributed by atoms with van der Waals surface area (Å²) in [6.45, 7) is 7.76. The van der Waals surface area contributed by atoms with Crippen LogP contribution in [0.4, 0.5) is 0 Å². The second-order valence-corrected chi connectivity index (χ2v) is 7.67. The molecule has 1 spiro atoms. The van der Waals surface area contributed by atoms with Crippen molar-refractivity contribution < 1.29 is 9.90 Å². The number of benzene rings is 1. The van der Waals surface area contributed by atoms with Gasteiger partial charge in [-0.15, -0.1) is 0 Å². The molecule has 1 aromatic carbocycles. The lowest BCUT2D eigenvalue weighted by atomic mass is 9.51. The zero-order valence-corrected chi connectivity index (χ0v) is 14.7. The normalized spacial score (nSPS) is 26.2. The first-order valence-electron chi connectivity index (χ1n) is 9.00. The maximum atomic E-state index is 12.8. The summed E-state index contributed by atoms with van der Waals surface area (Å²) in [4.78, 5) is 14.8. The molecule has 2 fully saturated rings. The summed E-state index contributed by atoms with van der Waals surface area (Å²) >= 11 is 0. The zero-order chi connectivity index (χ0) is 16.7. The van der Waals surface area contributed by atoms with E-state index in [0.29, 0.717) is 0 Å². The van der Waals surface area contributed by atoms with Crippen molar-refractivity contribution in [1.82, 2.24) is 4.90 Å². The van der Waals surface area contributed by atoms with Crippen LogP contribution in [0.25, 0.3) is 0 Å². The summed E-state index contributed by atoms with van der Waals surface area (Å²) in [5, 5.41) is 10.9. The number of hydrogen-bond acceptors (Lipinski definition) is 2. The van der Waals surface area contributed by atoms with E-state index in [1.165, 1.54) is 5.56 Å². The molecule has 1 aromatic rings. The van der Waals surface area contributed by atoms with Crippen LogP contribution in [0.2, 0.25) is 0 Å². The predicted molar refractivity (Wildman–Crippen MR) is 92.6 cm³/mol. The first-order valence-corrected chi connectivity index (χ1v) is 9.00. The molecule has 1 aliphatic heterocycles. The van der Waals surface area contributed by atoms with E-state index in [1.54, 1.807) is 0 Å². The highest BCUT2D eigenvalue weighted by Crippen LogP contribution is 2.58. The minimum Gasteiger partial charge on any atom is -0.389 e. The average molecular weight is 315 g/mol. The molecule has 3 nitrogen and oxygen atoms in total. The van der Waals surface area contributed by atoms with Crippen molar-refractivity contribution in [2.24, 2.45) is 5.41 Å². The van der Waals surface area contributed by atoms with Crippen LogP contribution in [-0.2, 0) is 0 Å². The first-order chi connectivity index (χ1) is 10.9. The third-order valence-corrected chi connectivity index (χ3v) is 6.29. The molecule has 0 radical (unpaired) electrons. The standard InChI is InChI=1S/C20H29NO2/c1-4-7-20(23)9-8-19(20)10-12-21(13-11-19)18(22)17-6-5-15(2)14-16(17)3/h5-6,14,23H,4,7-13H2,1-3H3. The summed E-state index contributed by atoms with van der Waals surface area (Å²) in [7, 11) is 0. The van der Waals surface area contributed by atoms with E-state index in [2.05, 4.69) is 19.9 Å². The molecule has 2 aliphatic rings. The van der Waals surface area contributed by atoms with E-state index >= 15 is 0 Å². The number of piperidine rings is 1. The zero-order valence-electron chi connectivity index (χ0n) is 14.7. The third-order valence-electron chi connectivity index (χ3n) is 6.29. The first kappa shape index (κ1) is 16.5. The van der Waals surface area contributed by atoms with Gasteiger partial charge in [0.2, 0.25) is 0 Å². The van der Waals surface area contributed by atoms with Gasteiger partial charge in [0, 0.05) is 24.1 Å². The van der Waals surface area contributed by atoms with Crippen LogP contribution >= 0.6 is 0 Å². The van der Waals surface area contributed by atoms with Crippen LogP contribution in [0.15, 0.2) is 18.2 Å². The number of hydrogen-bond donors (Lipinski definition) is 1. The molecule has 1 aliphatic carbocycles. The molecule has 1 amide bonds. The summed E-state index contributed by atoms with van der Waals surface area (Å²) in [5.41, 5.74) is 2.67. The lowest BCUT2D eigenvalue weighted by Crippen LogP contribution is -2.61. The van der Waals surface area contributed by atoms with Crippen molar-refractivity contribution in [1.29, 1.82) is 0 Å². The summed E-state index contributed by atoms with van der Waals surface area (Å²) < 4.78 is 0. The smallest absolute Gasteiger partial charge is 0.254 e. The number of carbonyl (C=O) groups excluding carboxylic acids is 1. The molecule has 126 valence electrons. The van der Waals surface area contributed by atoms with E-state index in [9.17, 15) is 9.90 Å². The fourth-order valence-electron chi connectivity index (χ4n) is 4.65. The molecular weight excluding hydrogens is 286 g/mol. The minimum atomic E-state index is -0.476. The SMILES string of the molecule is CCCC1(O)CCC12CCN(C(=O)c1ccc(C)cc1C)CC2. The molecule has 0 bridgehead atoms. The number of rotatable bonds is 3. The maximum absolute atomic E-state index is 12.8. The average Bonchev–Trinajstić information content (AvgIpc) is 2.53. The van der Waals surface area contributed by atoms with Crippen molar-refractivity contribution in [3.63, 3.8) is 0 Å². The highest BCUT2D eigenvalue weighted by molar-refractivity contribution is 5.95. The Morgan fingerprint density at radius 2 is 1.87 bits per heavy atom. The number of aliphatic hydroxyl groups is 1. The molecule has 1 heterocycles. The Kier molecular flexibility index (Phi) is 4.26. The van der Waals surface area contributed by atoms with Crippen molar-refractivity contribution in [2.45, 2.75) is 64.9 Å². The Labute approximate surface area is 139 Å². The molecule has 1 N–H and O–H groups in total. The highest BCUT2D eigenvalue weighted by atomic mass is 16.3. The van der Waals surface area contributed by atoms with Gasteiger partial charge in [0.15, 0.2) is 0 Å². The molecule has 23 heavy (non-hydrogen) atoms. The van der Waals surface area contributed by atoms with Crippen LogP contribution in [0.1, 0.15) is 66.9 Å². The fourth-order valence-corrected chi connectivity index (χ4v) is 4.65. The molecule has 1 unspecified atom stereocenters. The number of amides is 1. The van der Waals surface area contributed by atoms with E-state index in [-0.39, 0.29) is 11.3 Å². The molecule has 1 saturated carbocycles. The molecule has 1 saturated heterocycles. The van der Waals surface area contributed by atoms with Gasteiger partial charge in [0.05, 0.1) is 5.60 Å². The molecule has 3 heteroatoms. The maximum Gasteiger partial charge on any atom is 0.254 e. The predicted octanol–water partition coefficient (Wildman–Crippen LogP) is 3.85. The van der Waals surface area contributed by atoms with Crippen LogP contribution in [0.5, 0.6) is 0 Å². The van der Waals surface area contributed by atoms with E-state index in [0.717, 1.165) is 62.7 Å². The largest absolute Gasteiger partial charge is 0.389 e. The number of likely N-dealkylation sites (tertiary alicyclic amines) is 1. The molecule has 0 aromatic heterocycles. The van der Waals surface area contributed by atoms with Crippen molar-refractivity contribution in [2.75, 3.05) is 13.1 Å². The van der Waals surface area contributed by atoms with Crippen LogP contribution < -0.4 is 0 Å². The Morgan fingerprint density at radius 3 is 2.39 bits per heavy atom. The lowest BCUT2D eigenvalue weighted by Gasteiger charge is -2.59. The second-order valence-electron chi connectivity index (χ2n) is 7.67. The Balaban J connectivity index is 1.68. The minimum absolute atomic E-state index is 0.0715. The topological polar surface area (TPSA) is 40.5 Å². The monoisotopic (exact) mass is 315 g/mol. The van der Waals surface area contributed by atoms with Crippen LogP contribution in [0, 0.1) is 19.3 Å². The van der Waals surface area contributed by atoms with Gasteiger partial charge in [-0.2, -0.15) is 0 Å². The Bertz CT molecular complexity index is 602. The Hall–Kier alpha value is -1.35. The van der Waals surface area contributed by atoms with Gasteiger partial charge in [-0.3, -0.25) is 4.79 Å². The number of aryl methyl sites for hydroxylation is 2. The van der Waals surface area contributed by atoms with E-state index in [4.69, 9.17) is 0 Å². The van der Waals surface area contributed by atoms with Gasteiger partial charge in [-0.05, 0) is 57.6 Å². The number of carbonyl (C=O) groups is 1. The van der Waals surface area contributed by atoms with Crippen molar-refractivity contribution in [3.05, 3.63) is 34.9 Å². The third kappa shape index (κ3) is 2.69.